The molecule has 0 spiro atoms. The molecule has 13 nitrogen and oxygen atoms in total. The van der Waals surface area contributed by atoms with Crippen LogP contribution in [-0.4, -0.2) is 124 Å². The molecule has 14 bridgehead atoms. The van der Waals surface area contributed by atoms with Gasteiger partial charge in [0.15, 0.2) is 0 Å². The van der Waals surface area contributed by atoms with E-state index in [0.717, 1.165) is 67.5 Å². The van der Waals surface area contributed by atoms with Crippen molar-refractivity contribution in [2.75, 3.05) is 119 Å². The van der Waals surface area contributed by atoms with Gasteiger partial charge in [0.05, 0.1) is 79.3 Å². The summed E-state index contributed by atoms with van der Waals surface area (Å²) in [5.41, 5.74) is 8.32. The van der Waals surface area contributed by atoms with Gasteiger partial charge in [0.1, 0.15) is 74.1 Å². The van der Waals surface area contributed by atoms with Crippen molar-refractivity contribution in [3.8, 4) is 34.5 Å². The quantitative estimate of drug-likeness (QED) is 0.118. The van der Waals surface area contributed by atoms with Crippen molar-refractivity contribution in [1.82, 2.24) is 0 Å². The zero-order valence-corrected chi connectivity index (χ0v) is 38.7. The van der Waals surface area contributed by atoms with Crippen LogP contribution in [0.4, 0.5) is 0 Å². The maximum Gasteiger partial charge on any atom is 0.252 e. The van der Waals surface area contributed by atoms with Crippen molar-refractivity contribution < 1.29 is 61.6 Å². The predicted molar refractivity (Wildman–Crippen MR) is 252 cm³/mol. The Morgan fingerprint density at radius 1 is 0.313 bits per heavy atom. The summed E-state index contributed by atoms with van der Waals surface area (Å²) < 4.78 is 74.4. The maximum atomic E-state index is 12.2. The largest absolute Gasteiger partial charge is 0.491 e. The summed E-state index contributed by atoms with van der Waals surface area (Å²) in [5.74, 6) is 4.03. The Hall–Kier alpha value is -5.38. The van der Waals surface area contributed by atoms with Crippen LogP contribution in [0, 0.1) is 0 Å². The molecule has 0 fully saturated rings. The Morgan fingerprint density at radius 3 is 0.776 bits per heavy atom. The standard InChI is InChI=1S/C53H59ClO13/c54-53(55)46-35-47-37-48(36-46)63-26-20-61-24-30-67-52-43-10-4-12-45(52)34-41-8-2-7-40-33-44-11-3-9-42(51(44)66-29-23-60-19-25-62-47)31-38-5-1-6-39(32-43)49(38)64-27-21-58-17-15-56-13-14-57-16-18-59-22-28-65-50(40)41/h1-12,35-37H,13-34H2. The van der Waals surface area contributed by atoms with Gasteiger partial charge in [0.2, 0.25) is 0 Å². The van der Waals surface area contributed by atoms with E-state index in [-0.39, 0.29) is 45.2 Å². The van der Waals surface area contributed by atoms with Crippen LogP contribution in [0.5, 0.6) is 34.5 Å². The van der Waals surface area contributed by atoms with Gasteiger partial charge in [-0.05, 0) is 68.2 Å². The van der Waals surface area contributed by atoms with Crippen LogP contribution in [0.1, 0.15) is 54.9 Å². The molecule has 67 heavy (non-hydrogen) atoms. The minimum atomic E-state index is -0.615. The number of halogens is 1. The lowest BCUT2D eigenvalue weighted by molar-refractivity contribution is -0.00706. The number of rotatable bonds is 1. The third-order valence-corrected chi connectivity index (χ3v) is 11.6. The van der Waals surface area contributed by atoms with Gasteiger partial charge in [-0.25, -0.2) is 0 Å². The average molecular weight is 939 g/mol. The number of carbonyl (C=O) groups is 1. The van der Waals surface area contributed by atoms with Gasteiger partial charge >= 0.3 is 0 Å². The van der Waals surface area contributed by atoms with Gasteiger partial charge in [-0.1, -0.05) is 72.8 Å². The van der Waals surface area contributed by atoms with E-state index in [1.54, 1.807) is 18.2 Å². The van der Waals surface area contributed by atoms with E-state index >= 15 is 0 Å². The summed E-state index contributed by atoms with van der Waals surface area (Å²) in [6.45, 7) is 6.36. The Bertz CT molecular complexity index is 2130. The van der Waals surface area contributed by atoms with Crippen molar-refractivity contribution in [1.29, 1.82) is 0 Å². The topological polar surface area (TPSA) is 128 Å². The van der Waals surface area contributed by atoms with Crippen LogP contribution in [-0.2, 0) is 54.1 Å². The number of hydrogen-bond donors (Lipinski definition) is 0. The molecule has 9 rings (SSSR count). The first-order chi connectivity index (χ1) is 33.1. The van der Waals surface area contributed by atoms with E-state index in [4.69, 9.17) is 68.4 Å². The fraction of sp³-hybridized carbons (Fsp3) is 0.415. The average Bonchev–Trinajstić information content (AvgIpc) is 3.32. The van der Waals surface area contributed by atoms with Crippen LogP contribution in [0.15, 0.2) is 91.0 Å². The third kappa shape index (κ3) is 14.1. The smallest absolute Gasteiger partial charge is 0.252 e. The highest BCUT2D eigenvalue weighted by Gasteiger charge is 2.22. The van der Waals surface area contributed by atoms with Crippen molar-refractivity contribution >= 4 is 16.8 Å². The van der Waals surface area contributed by atoms with Gasteiger partial charge in [0.25, 0.3) is 5.24 Å². The molecule has 1 aliphatic carbocycles. The molecule has 0 N–H and O–H groups in total. The van der Waals surface area contributed by atoms with E-state index in [0.29, 0.717) is 116 Å². The molecule has 5 aromatic carbocycles. The van der Waals surface area contributed by atoms with E-state index in [1.165, 1.54) is 0 Å². The molecule has 4 aliphatic rings. The Morgan fingerprint density at radius 2 is 0.537 bits per heavy atom. The first kappa shape index (κ1) is 48.1. The highest BCUT2D eigenvalue weighted by Crippen LogP contribution is 2.39. The normalized spacial score (nSPS) is 17.6. The predicted octanol–water partition coefficient (Wildman–Crippen LogP) is 7.84. The summed E-state index contributed by atoms with van der Waals surface area (Å²) in [6.07, 6.45) is 2.15. The number of carbonyl (C=O) groups excluding carboxylic acids is 1. The molecule has 0 saturated heterocycles. The summed E-state index contributed by atoms with van der Waals surface area (Å²) >= 11 is 5.87. The zero-order chi connectivity index (χ0) is 45.9. The summed E-state index contributed by atoms with van der Waals surface area (Å²) in [4.78, 5) is 12.2. The highest BCUT2D eigenvalue weighted by molar-refractivity contribution is 6.67. The SMILES string of the molecule is O=C(Cl)c1cc2cc(c1)OCCOCCOc1c3cccc1Cc1cccc4c1OCCOCCOCCOCCOCCOc1c(cccc1C3)Cc1cccc(c1OCCOCCO2)C4. The van der Waals surface area contributed by atoms with Crippen molar-refractivity contribution in [3.05, 3.63) is 141 Å². The lowest BCUT2D eigenvalue weighted by Gasteiger charge is -2.23. The van der Waals surface area contributed by atoms with E-state index < -0.39 is 5.24 Å². The van der Waals surface area contributed by atoms with E-state index in [2.05, 4.69) is 72.8 Å². The van der Waals surface area contributed by atoms with Crippen LogP contribution in [0.2, 0.25) is 0 Å². The van der Waals surface area contributed by atoms with Gasteiger partial charge in [-0.2, -0.15) is 0 Å². The van der Waals surface area contributed by atoms with Gasteiger partial charge in [-0.3, -0.25) is 4.79 Å². The molecule has 0 saturated carbocycles. The second-order valence-corrected chi connectivity index (χ2v) is 16.4. The van der Waals surface area contributed by atoms with Crippen molar-refractivity contribution in [3.63, 3.8) is 0 Å². The zero-order valence-electron chi connectivity index (χ0n) is 37.9. The molecule has 0 atom stereocenters. The lowest BCUT2D eigenvalue weighted by atomic mass is 9.91. The molecule has 3 heterocycles. The molecule has 5 aromatic rings. The van der Waals surface area contributed by atoms with E-state index in [1.807, 2.05) is 0 Å². The molecule has 0 amide bonds. The second-order valence-electron chi connectivity index (χ2n) is 16.1. The first-order valence-electron chi connectivity index (χ1n) is 23.1. The number of fused-ring (bicyclic) bond motifs is 12. The molecule has 0 aromatic heterocycles. The fourth-order valence-corrected chi connectivity index (χ4v) is 8.40. The number of ether oxygens (including phenoxy) is 12. The summed E-state index contributed by atoms with van der Waals surface area (Å²) in [7, 11) is 0. The minimum absolute atomic E-state index is 0.227. The Kier molecular flexibility index (Phi) is 18.4. The lowest BCUT2D eigenvalue weighted by Crippen LogP contribution is -2.15. The molecule has 0 unspecified atom stereocenters. The van der Waals surface area contributed by atoms with Crippen LogP contribution < -0.4 is 28.4 Å². The van der Waals surface area contributed by atoms with Crippen LogP contribution >= 0.6 is 11.6 Å². The molecule has 356 valence electrons. The van der Waals surface area contributed by atoms with E-state index in [9.17, 15) is 4.79 Å². The van der Waals surface area contributed by atoms with Gasteiger partial charge in [0, 0.05) is 37.3 Å². The first-order valence-corrected chi connectivity index (χ1v) is 23.5. The highest BCUT2D eigenvalue weighted by atomic mass is 35.5. The molecular weight excluding hydrogens is 880 g/mol. The number of para-hydroxylation sites is 4. The molecule has 3 aliphatic heterocycles. The molecular formula is C53H59ClO13. The Labute approximate surface area is 397 Å². The maximum absolute atomic E-state index is 12.2. The second kappa shape index (κ2) is 25.7. The fourth-order valence-electron chi connectivity index (χ4n) is 8.29. The monoisotopic (exact) mass is 938 g/mol. The third-order valence-electron chi connectivity index (χ3n) is 11.3. The number of hydrogen-bond acceptors (Lipinski definition) is 13. The van der Waals surface area contributed by atoms with Gasteiger partial charge in [-0.15, -0.1) is 0 Å². The molecule has 14 heteroatoms. The minimum Gasteiger partial charge on any atom is -0.491 e. The van der Waals surface area contributed by atoms with Crippen LogP contribution in [0.3, 0.4) is 0 Å². The number of benzene rings is 5. The van der Waals surface area contributed by atoms with Crippen molar-refractivity contribution in [2.24, 2.45) is 0 Å². The summed E-state index contributed by atoms with van der Waals surface area (Å²) in [5, 5.41) is -0.615. The van der Waals surface area contributed by atoms with Crippen LogP contribution in [0.25, 0.3) is 0 Å². The van der Waals surface area contributed by atoms with Gasteiger partial charge < -0.3 is 56.8 Å². The van der Waals surface area contributed by atoms with Crippen molar-refractivity contribution in [2.45, 2.75) is 25.7 Å². The Balaban J connectivity index is 1.19. The molecule has 0 radical (unpaired) electrons. The summed E-state index contributed by atoms with van der Waals surface area (Å²) in [6, 6.07) is 30.2.